The van der Waals surface area contributed by atoms with Crippen molar-refractivity contribution in [2.24, 2.45) is 5.92 Å². The van der Waals surface area contributed by atoms with Gasteiger partial charge in [-0.3, -0.25) is 0 Å². The molecule has 0 spiro atoms. The van der Waals surface area contributed by atoms with Crippen LogP contribution in [-0.2, 0) is 11.4 Å². The van der Waals surface area contributed by atoms with Gasteiger partial charge < -0.3 is 14.6 Å². The molecular formula is C21H30N2O2S. The van der Waals surface area contributed by atoms with Crippen molar-refractivity contribution in [2.45, 2.75) is 44.4 Å². The lowest BCUT2D eigenvalue weighted by Gasteiger charge is -2.35. The molecule has 1 unspecified atom stereocenters. The second kappa shape index (κ2) is 8.17. The summed E-state index contributed by atoms with van der Waals surface area (Å²) in [6.45, 7) is 8.02. The van der Waals surface area contributed by atoms with Crippen molar-refractivity contribution in [3.05, 3.63) is 42.0 Å². The van der Waals surface area contributed by atoms with Crippen LogP contribution in [0.4, 0.5) is 0 Å². The Morgan fingerprint density at radius 2 is 1.77 bits per heavy atom. The summed E-state index contributed by atoms with van der Waals surface area (Å²) in [4.78, 5) is 0. The van der Waals surface area contributed by atoms with E-state index in [1.165, 1.54) is 5.39 Å². The second-order valence-electron chi connectivity index (χ2n) is 8.01. The van der Waals surface area contributed by atoms with Crippen molar-refractivity contribution in [1.82, 2.24) is 10.0 Å². The minimum Gasteiger partial charge on any atom is -0.598 e. The maximum Gasteiger partial charge on any atom is 0.136 e. The summed E-state index contributed by atoms with van der Waals surface area (Å²) < 4.78 is 21.8. The lowest BCUT2D eigenvalue weighted by Crippen LogP contribution is -2.45. The third-order valence-corrected chi connectivity index (χ3v) is 6.66. The van der Waals surface area contributed by atoms with Gasteiger partial charge in [0, 0.05) is 16.9 Å². The Bertz CT molecular complexity index is 738. The molecule has 4 nitrogen and oxygen atoms in total. The van der Waals surface area contributed by atoms with Gasteiger partial charge in [0.1, 0.15) is 10.5 Å². The van der Waals surface area contributed by atoms with Crippen molar-refractivity contribution in [3.8, 4) is 5.75 Å². The number of hydrogen-bond donors (Lipinski definition) is 2. The number of rotatable bonds is 5. The molecule has 2 aromatic carbocycles. The van der Waals surface area contributed by atoms with E-state index < -0.39 is 11.4 Å². The minimum absolute atomic E-state index is 0.0108. The number of nitrogens with one attached hydrogen (secondary N) is 2. The van der Waals surface area contributed by atoms with E-state index in [2.05, 4.69) is 40.4 Å². The van der Waals surface area contributed by atoms with Crippen LogP contribution in [0.2, 0.25) is 0 Å². The average Bonchev–Trinajstić information content (AvgIpc) is 2.64. The van der Waals surface area contributed by atoms with Gasteiger partial charge in [0.05, 0.1) is 13.2 Å². The third-order valence-electron chi connectivity index (χ3n) is 5.08. The first-order chi connectivity index (χ1) is 12.4. The highest BCUT2D eigenvalue weighted by Gasteiger charge is 2.35. The molecule has 1 saturated heterocycles. The van der Waals surface area contributed by atoms with Gasteiger partial charge in [0.15, 0.2) is 0 Å². The highest BCUT2D eigenvalue weighted by molar-refractivity contribution is 7.90. The Balaban J connectivity index is 2.03. The van der Waals surface area contributed by atoms with Crippen LogP contribution in [0.15, 0.2) is 36.4 Å². The van der Waals surface area contributed by atoms with Gasteiger partial charge in [-0.1, -0.05) is 24.3 Å². The molecule has 2 N–H and O–H groups in total. The molecule has 142 valence electrons. The van der Waals surface area contributed by atoms with E-state index in [1.807, 2.05) is 26.8 Å². The Morgan fingerprint density at radius 1 is 1.15 bits per heavy atom. The number of fused-ring (bicyclic) bond motifs is 1. The second-order valence-corrected chi connectivity index (χ2v) is 10.0. The highest BCUT2D eigenvalue weighted by Crippen LogP contribution is 2.38. The molecule has 5 heteroatoms. The maximum atomic E-state index is 12.9. The number of benzene rings is 2. The van der Waals surface area contributed by atoms with Crippen molar-refractivity contribution < 1.29 is 9.29 Å². The summed E-state index contributed by atoms with van der Waals surface area (Å²) in [5, 5.41) is 5.77. The predicted molar refractivity (Wildman–Crippen MR) is 110 cm³/mol. The van der Waals surface area contributed by atoms with Gasteiger partial charge >= 0.3 is 0 Å². The molecule has 1 heterocycles. The smallest absolute Gasteiger partial charge is 0.136 e. The number of methoxy groups -OCH3 is 1. The van der Waals surface area contributed by atoms with E-state index >= 15 is 0 Å². The normalized spacial score (nSPS) is 18.7. The van der Waals surface area contributed by atoms with E-state index in [-0.39, 0.29) is 10.8 Å². The fraction of sp³-hybridized carbons (Fsp3) is 0.524. The minimum atomic E-state index is -1.14. The lowest BCUT2D eigenvalue weighted by atomic mass is 9.85. The quantitative estimate of drug-likeness (QED) is 0.779. The van der Waals surface area contributed by atoms with Gasteiger partial charge in [0.2, 0.25) is 0 Å². The van der Waals surface area contributed by atoms with Crippen LogP contribution in [0.3, 0.4) is 0 Å². The van der Waals surface area contributed by atoms with Crippen molar-refractivity contribution in [1.29, 1.82) is 0 Å². The monoisotopic (exact) mass is 374 g/mol. The molecule has 0 bridgehead atoms. The highest BCUT2D eigenvalue weighted by atomic mass is 32.2. The van der Waals surface area contributed by atoms with Crippen LogP contribution >= 0.6 is 0 Å². The first-order valence-electron chi connectivity index (χ1n) is 9.35. The van der Waals surface area contributed by atoms with Crippen LogP contribution < -0.4 is 14.8 Å². The lowest BCUT2D eigenvalue weighted by molar-refractivity contribution is 0.297. The Labute approximate surface area is 160 Å². The molecule has 1 fully saturated rings. The molecule has 2 atom stereocenters. The fourth-order valence-electron chi connectivity index (χ4n) is 3.54. The van der Waals surface area contributed by atoms with Crippen molar-refractivity contribution >= 4 is 22.1 Å². The fourth-order valence-corrected chi connectivity index (χ4v) is 4.44. The Morgan fingerprint density at radius 3 is 2.35 bits per heavy atom. The first kappa shape index (κ1) is 19.5. The van der Waals surface area contributed by atoms with Crippen molar-refractivity contribution in [3.63, 3.8) is 0 Å². The molecule has 2 aromatic rings. The molecule has 0 saturated carbocycles. The SMILES string of the molecule is COc1cc2ccccc2cc1C(N[S@@+]([O-])C(C)(C)C)C1CCNCC1. The summed E-state index contributed by atoms with van der Waals surface area (Å²) >= 11 is -1.14. The molecule has 3 rings (SSSR count). The zero-order chi connectivity index (χ0) is 18.7. The van der Waals surface area contributed by atoms with Crippen LogP contribution in [0.25, 0.3) is 10.8 Å². The Kier molecular flexibility index (Phi) is 6.13. The summed E-state index contributed by atoms with van der Waals surface area (Å²) in [5.74, 6) is 1.29. The van der Waals surface area contributed by atoms with Gasteiger partial charge in [0.25, 0.3) is 0 Å². The summed E-state index contributed by atoms with van der Waals surface area (Å²) in [5.41, 5.74) is 1.11. The van der Waals surface area contributed by atoms with Crippen molar-refractivity contribution in [2.75, 3.05) is 20.2 Å². The summed E-state index contributed by atoms with van der Waals surface area (Å²) in [6.07, 6.45) is 2.13. The predicted octanol–water partition coefficient (Wildman–Crippen LogP) is 3.94. The zero-order valence-corrected chi connectivity index (χ0v) is 17.0. The molecule has 0 aromatic heterocycles. The third kappa shape index (κ3) is 4.34. The molecule has 0 radical (unpaired) electrons. The van der Waals surface area contributed by atoms with Crippen LogP contribution in [0.1, 0.15) is 45.2 Å². The molecular weight excluding hydrogens is 344 g/mol. The average molecular weight is 375 g/mol. The van der Waals surface area contributed by atoms with Gasteiger partial charge in [-0.2, -0.15) is 0 Å². The topological polar surface area (TPSA) is 56.3 Å². The molecule has 1 aliphatic heterocycles. The van der Waals surface area contributed by atoms with Crippen LogP contribution in [0, 0.1) is 5.92 Å². The van der Waals surface area contributed by atoms with E-state index in [1.54, 1.807) is 7.11 Å². The maximum absolute atomic E-state index is 12.9. The molecule has 26 heavy (non-hydrogen) atoms. The van der Waals surface area contributed by atoms with E-state index in [0.717, 1.165) is 42.6 Å². The Hall–Kier alpha value is -1.27. The number of ether oxygens (including phenoxy) is 1. The van der Waals surface area contributed by atoms with Gasteiger partial charge in [-0.25, -0.2) is 0 Å². The van der Waals surface area contributed by atoms with Crippen LogP contribution in [0.5, 0.6) is 5.75 Å². The van der Waals surface area contributed by atoms with Gasteiger partial charge in [-0.05, 0) is 75.5 Å². The molecule has 0 aliphatic carbocycles. The summed E-state index contributed by atoms with van der Waals surface area (Å²) in [7, 11) is 1.72. The molecule has 1 aliphatic rings. The van der Waals surface area contributed by atoms with E-state index in [9.17, 15) is 4.55 Å². The van der Waals surface area contributed by atoms with E-state index in [0.29, 0.717) is 5.92 Å². The standard InChI is InChI=1S/C21H30N2O2S/c1-21(2,3)26(24)23-20(15-9-11-22-12-10-15)18-13-16-7-5-6-8-17(16)14-19(18)25-4/h5-8,13-15,20,22-23H,9-12H2,1-4H3/t20?,26-/m0/s1. The van der Waals surface area contributed by atoms with Crippen LogP contribution in [-0.4, -0.2) is 29.5 Å². The number of hydrogen-bond acceptors (Lipinski definition) is 4. The largest absolute Gasteiger partial charge is 0.598 e. The molecule has 0 amide bonds. The zero-order valence-electron chi connectivity index (χ0n) is 16.2. The summed E-state index contributed by atoms with van der Waals surface area (Å²) in [6, 6.07) is 12.6. The van der Waals surface area contributed by atoms with E-state index in [4.69, 9.17) is 4.74 Å². The van der Waals surface area contributed by atoms with Gasteiger partial charge in [-0.15, -0.1) is 4.72 Å². The number of piperidine rings is 1. The first-order valence-corrected chi connectivity index (χ1v) is 10.5.